The van der Waals surface area contributed by atoms with Gasteiger partial charge in [0.15, 0.2) is 0 Å². The van der Waals surface area contributed by atoms with Gasteiger partial charge >= 0.3 is 0 Å². The lowest BCUT2D eigenvalue weighted by molar-refractivity contribution is 1.38. The van der Waals surface area contributed by atoms with E-state index in [4.69, 9.17) is 0 Å². The van der Waals surface area contributed by atoms with Crippen molar-refractivity contribution >= 4 is 17.6 Å². The SMILES string of the molecule is CN=CCc1cccs1. The lowest BCUT2D eigenvalue weighted by Gasteiger charge is -1.82. The highest BCUT2D eigenvalue weighted by molar-refractivity contribution is 7.10. The van der Waals surface area contributed by atoms with E-state index in [2.05, 4.69) is 22.5 Å². The van der Waals surface area contributed by atoms with E-state index in [1.165, 1.54) is 4.88 Å². The third-order valence-electron chi connectivity index (χ3n) is 1.06. The number of thiophene rings is 1. The molecule has 1 aromatic heterocycles. The maximum atomic E-state index is 3.89. The van der Waals surface area contributed by atoms with E-state index in [9.17, 15) is 0 Å². The molecule has 0 atom stereocenters. The fourth-order valence-electron chi connectivity index (χ4n) is 0.610. The van der Waals surface area contributed by atoms with Crippen LogP contribution in [0.2, 0.25) is 0 Å². The number of hydrogen-bond acceptors (Lipinski definition) is 2. The molecular weight excluding hydrogens is 130 g/mol. The van der Waals surface area contributed by atoms with Crippen LogP contribution in [0.15, 0.2) is 22.5 Å². The van der Waals surface area contributed by atoms with Gasteiger partial charge in [0.2, 0.25) is 0 Å². The molecule has 0 aliphatic carbocycles. The standard InChI is InChI=1S/C7H9NS/c1-8-5-4-7-3-2-6-9-7/h2-3,5-6H,4H2,1H3. The molecule has 0 amide bonds. The average Bonchev–Trinajstić information content (AvgIpc) is 2.34. The first-order chi connectivity index (χ1) is 4.43. The Morgan fingerprint density at radius 1 is 1.78 bits per heavy atom. The van der Waals surface area contributed by atoms with Crippen LogP contribution < -0.4 is 0 Å². The zero-order valence-electron chi connectivity index (χ0n) is 5.37. The number of aliphatic imine (C=N–C) groups is 1. The lowest BCUT2D eigenvalue weighted by atomic mass is 10.4. The molecule has 0 aromatic carbocycles. The summed E-state index contributed by atoms with van der Waals surface area (Å²) in [5.74, 6) is 0. The Morgan fingerprint density at radius 3 is 3.22 bits per heavy atom. The molecule has 1 heterocycles. The molecule has 1 rings (SSSR count). The van der Waals surface area contributed by atoms with Gasteiger partial charge in [0.1, 0.15) is 0 Å². The Hall–Kier alpha value is -0.630. The maximum Gasteiger partial charge on any atom is 0.0273 e. The van der Waals surface area contributed by atoms with Crippen LogP contribution in [0.1, 0.15) is 4.88 Å². The monoisotopic (exact) mass is 139 g/mol. The van der Waals surface area contributed by atoms with Gasteiger partial charge in [-0.05, 0) is 11.4 Å². The van der Waals surface area contributed by atoms with E-state index < -0.39 is 0 Å². The molecule has 9 heavy (non-hydrogen) atoms. The molecule has 0 saturated carbocycles. The molecule has 0 radical (unpaired) electrons. The van der Waals surface area contributed by atoms with Crippen LogP contribution in [0.5, 0.6) is 0 Å². The van der Waals surface area contributed by atoms with Crippen LogP contribution in [0.3, 0.4) is 0 Å². The Bertz CT molecular complexity index is 177. The van der Waals surface area contributed by atoms with Gasteiger partial charge in [-0.1, -0.05) is 6.07 Å². The Labute approximate surface area is 59.1 Å². The summed E-state index contributed by atoms with van der Waals surface area (Å²) in [6.07, 6.45) is 2.90. The summed E-state index contributed by atoms with van der Waals surface area (Å²) in [5, 5.41) is 2.08. The Kier molecular flexibility index (Phi) is 2.46. The number of nitrogens with zero attached hydrogens (tertiary/aromatic N) is 1. The zero-order chi connectivity index (χ0) is 6.53. The molecule has 0 spiro atoms. The summed E-state index contributed by atoms with van der Waals surface area (Å²) >= 11 is 1.77. The van der Waals surface area contributed by atoms with Gasteiger partial charge < -0.3 is 4.99 Å². The fraction of sp³-hybridized carbons (Fsp3) is 0.286. The molecular formula is C7H9NS. The molecule has 0 fully saturated rings. The molecule has 1 aromatic rings. The Morgan fingerprint density at radius 2 is 2.67 bits per heavy atom. The first-order valence-corrected chi connectivity index (χ1v) is 3.74. The summed E-state index contributed by atoms with van der Waals surface area (Å²) in [5.41, 5.74) is 0. The first-order valence-electron chi connectivity index (χ1n) is 2.86. The average molecular weight is 139 g/mol. The third kappa shape index (κ3) is 1.98. The van der Waals surface area contributed by atoms with E-state index in [0.29, 0.717) is 0 Å². The van der Waals surface area contributed by atoms with Crippen molar-refractivity contribution in [3.63, 3.8) is 0 Å². The molecule has 0 unspecified atom stereocenters. The summed E-state index contributed by atoms with van der Waals surface area (Å²) in [4.78, 5) is 5.27. The second-order valence-corrected chi connectivity index (χ2v) is 2.76. The van der Waals surface area contributed by atoms with Crippen molar-refractivity contribution < 1.29 is 0 Å². The van der Waals surface area contributed by atoms with Crippen molar-refractivity contribution in [1.82, 2.24) is 0 Å². The summed E-state index contributed by atoms with van der Waals surface area (Å²) in [6.45, 7) is 0. The van der Waals surface area contributed by atoms with Crippen molar-refractivity contribution in [3.8, 4) is 0 Å². The van der Waals surface area contributed by atoms with Crippen molar-refractivity contribution in [3.05, 3.63) is 22.4 Å². The largest absolute Gasteiger partial charge is 0.300 e. The molecule has 1 nitrogen and oxygen atoms in total. The van der Waals surface area contributed by atoms with Crippen LogP contribution in [0.25, 0.3) is 0 Å². The minimum Gasteiger partial charge on any atom is -0.300 e. The molecule has 48 valence electrons. The van der Waals surface area contributed by atoms with Gasteiger partial charge in [-0.2, -0.15) is 0 Å². The van der Waals surface area contributed by atoms with E-state index in [1.54, 1.807) is 18.4 Å². The number of hydrogen-bond donors (Lipinski definition) is 0. The minimum atomic E-state index is 0.980. The van der Waals surface area contributed by atoms with Gasteiger partial charge in [0, 0.05) is 24.6 Å². The van der Waals surface area contributed by atoms with Crippen molar-refractivity contribution in [2.75, 3.05) is 7.05 Å². The molecule has 2 heteroatoms. The highest BCUT2D eigenvalue weighted by Gasteiger charge is 1.86. The van der Waals surface area contributed by atoms with Crippen LogP contribution in [0, 0.1) is 0 Å². The van der Waals surface area contributed by atoms with Crippen LogP contribution >= 0.6 is 11.3 Å². The summed E-state index contributed by atoms with van der Waals surface area (Å²) < 4.78 is 0. The van der Waals surface area contributed by atoms with Gasteiger partial charge in [-0.3, -0.25) is 0 Å². The van der Waals surface area contributed by atoms with Crippen LogP contribution in [0.4, 0.5) is 0 Å². The minimum absolute atomic E-state index is 0.980. The van der Waals surface area contributed by atoms with Gasteiger partial charge in [0.25, 0.3) is 0 Å². The second-order valence-electron chi connectivity index (χ2n) is 1.72. The summed E-state index contributed by atoms with van der Waals surface area (Å²) in [7, 11) is 1.80. The van der Waals surface area contributed by atoms with Crippen molar-refractivity contribution in [1.29, 1.82) is 0 Å². The molecule has 0 saturated heterocycles. The molecule has 0 aliphatic rings. The van der Waals surface area contributed by atoms with Crippen molar-refractivity contribution in [2.24, 2.45) is 4.99 Å². The molecule has 0 N–H and O–H groups in total. The summed E-state index contributed by atoms with van der Waals surface area (Å²) in [6, 6.07) is 4.18. The maximum absolute atomic E-state index is 3.89. The normalized spacial score (nSPS) is 10.8. The van der Waals surface area contributed by atoms with E-state index >= 15 is 0 Å². The van der Waals surface area contributed by atoms with Crippen LogP contribution in [-0.2, 0) is 6.42 Å². The highest BCUT2D eigenvalue weighted by atomic mass is 32.1. The zero-order valence-corrected chi connectivity index (χ0v) is 6.19. The third-order valence-corrected chi connectivity index (χ3v) is 1.95. The number of rotatable bonds is 2. The first kappa shape index (κ1) is 6.49. The van der Waals surface area contributed by atoms with Gasteiger partial charge in [-0.15, -0.1) is 11.3 Å². The van der Waals surface area contributed by atoms with Crippen molar-refractivity contribution in [2.45, 2.75) is 6.42 Å². The Balaban J connectivity index is 2.48. The van der Waals surface area contributed by atoms with E-state index in [0.717, 1.165) is 6.42 Å². The second kappa shape index (κ2) is 3.41. The van der Waals surface area contributed by atoms with E-state index in [1.807, 2.05) is 6.21 Å². The molecule has 0 aliphatic heterocycles. The van der Waals surface area contributed by atoms with E-state index in [-0.39, 0.29) is 0 Å². The topological polar surface area (TPSA) is 12.4 Å². The predicted octanol–water partition coefficient (Wildman–Crippen LogP) is 1.99. The molecule has 0 bridgehead atoms. The fourth-order valence-corrected chi connectivity index (χ4v) is 1.27. The highest BCUT2D eigenvalue weighted by Crippen LogP contribution is 2.07. The van der Waals surface area contributed by atoms with Gasteiger partial charge in [0.05, 0.1) is 0 Å². The van der Waals surface area contributed by atoms with Gasteiger partial charge in [-0.25, -0.2) is 0 Å². The predicted molar refractivity (Wildman–Crippen MR) is 42.4 cm³/mol. The lowest BCUT2D eigenvalue weighted by Crippen LogP contribution is -1.77. The van der Waals surface area contributed by atoms with Crippen LogP contribution in [-0.4, -0.2) is 13.3 Å². The smallest absolute Gasteiger partial charge is 0.0273 e. The quantitative estimate of drug-likeness (QED) is 0.556.